The molecular weight excluding hydrogens is 477 g/mol. The average molecular weight is 518 g/mol. The highest BCUT2D eigenvalue weighted by atomic mass is 127. The Morgan fingerprint density at radius 2 is 1.93 bits per heavy atom. The maximum atomic E-state index is 4.82. The quantitative estimate of drug-likeness (QED) is 0.240. The molecule has 2 aliphatic rings. The van der Waals surface area contributed by atoms with E-state index >= 15 is 0 Å². The van der Waals surface area contributed by atoms with Gasteiger partial charge in [-0.15, -0.1) is 34.2 Å². The fourth-order valence-corrected chi connectivity index (χ4v) is 4.29. The van der Waals surface area contributed by atoms with Gasteiger partial charge in [-0.25, -0.2) is 0 Å². The van der Waals surface area contributed by atoms with Crippen molar-refractivity contribution in [3.63, 3.8) is 0 Å². The van der Waals surface area contributed by atoms with Gasteiger partial charge in [0.15, 0.2) is 5.96 Å². The second-order valence-electron chi connectivity index (χ2n) is 8.12. The number of aromatic nitrogens is 3. The van der Waals surface area contributed by atoms with Crippen LogP contribution in [-0.4, -0.2) is 64.4 Å². The van der Waals surface area contributed by atoms with Crippen LogP contribution in [0.2, 0.25) is 0 Å². The molecule has 3 heterocycles. The first kappa shape index (κ1) is 24.4. The molecule has 29 heavy (non-hydrogen) atoms. The van der Waals surface area contributed by atoms with Crippen molar-refractivity contribution in [1.29, 1.82) is 0 Å². The largest absolute Gasteiger partial charge is 0.357 e. The van der Waals surface area contributed by atoms with Gasteiger partial charge < -0.3 is 20.1 Å². The topological polar surface area (TPSA) is 70.4 Å². The van der Waals surface area contributed by atoms with E-state index in [1.165, 1.54) is 64.0 Å². The number of hydrogen-bond acceptors (Lipinski definition) is 4. The standard InChI is InChI=1S/C21H39N7.HI/c1-3-14-27-16-11-18(12-17-27)24-21(22-4-2)23-13-8-10-20-26-25-19-9-6-5-7-15-28(19)20;/h18H,3-17H2,1-2H3,(H2,22,23,24);1H. The van der Waals surface area contributed by atoms with E-state index in [4.69, 9.17) is 4.99 Å². The zero-order valence-electron chi connectivity index (χ0n) is 18.3. The molecule has 0 radical (unpaired) electrons. The zero-order valence-corrected chi connectivity index (χ0v) is 20.7. The van der Waals surface area contributed by atoms with E-state index in [2.05, 4.69) is 44.1 Å². The third kappa shape index (κ3) is 7.70. The molecule has 0 amide bonds. The molecule has 1 fully saturated rings. The van der Waals surface area contributed by atoms with Crippen molar-refractivity contribution in [1.82, 2.24) is 30.3 Å². The Morgan fingerprint density at radius 3 is 2.69 bits per heavy atom. The third-order valence-electron chi connectivity index (χ3n) is 5.83. The molecule has 2 aliphatic heterocycles. The Hall–Kier alpha value is -0.900. The van der Waals surface area contributed by atoms with Crippen molar-refractivity contribution in [2.75, 3.05) is 32.7 Å². The van der Waals surface area contributed by atoms with Crippen molar-refractivity contribution in [3.05, 3.63) is 11.6 Å². The Bertz CT molecular complexity index is 608. The highest BCUT2D eigenvalue weighted by Gasteiger charge is 2.19. The van der Waals surface area contributed by atoms with Crippen LogP contribution in [0.15, 0.2) is 4.99 Å². The molecule has 1 aromatic heterocycles. The van der Waals surface area contributed by atoms with Gasteiger partial charge in [0.2, 0.25) is 0 Å². The van der Waals surface area contributed by atoms with Crippen molar-refractivity contribution < 1.29 is 0 Å². The predicted molar refractivity (Wildman–Crippen MR) is 130 cm³/mol. The fourth-order valence-electron chi connectivity index (χ4n) is 4.29. The average Bonchev–Trinajstić information content (AvgIpc) is 2.93. The summed E-state index contributed by atoms with van der Waals surface area (Å²) in [6.07, 6.45) is 10.5. The van der Waals surface area contributed by atoms with Gasteiger partial charge in [-0.05, 0) is 52.0 Å². The molecule has 0 aromatic carbocycles. The number of halogens is 1. The van der Waals surface area contributed by atoms with Crippen LogP contribution in [0.1, 0.15) is 70.4 Å². The molecule has 0 unspecified atom stereocenters. The lowest BCUT2D eigenvalue weighted by Crippen LogP contribution is -2.48. The summed E-state index contributed by atoms with van der Waals surface area (Å²) in [6, 6.07) is 0.540. The number of rotatable bonds is 8. The smallest absolute Gasteiger partial charge is 0.191 e. The maximum Gasteiger partial charge on any atom is 0.191 e. The van der Waals surface area contributed by atoms with Crippen LogP contribution in [-0.2, 0) is 19.4 Å². The number of aliphatic imine (C=N–C) groups is 1. The minimum atomic E-state index is 0. The highest BCUT2D eigenvalue weighted by Crippen LogP contribution is 2.15. The van der Waals surface area contributed by atoms with Gasteiger partial charge in [-0.3, -0.25) is 4.99 Å². The van der Waals surface area contributed by atoms with Crippen LogP contribution < -0.4 is 10.6 Å². The van der Waals surface area contributed by atoms with E-state index < -0.39 is 0 Å². The first-order chi connectivity index (χ1) is 13.8. The van der Waals surface area contributed by atoms with Crippen LogP contribution in [0.5, 0.6) is 0 Å². The summed E-state index contributed by atoms with van der Waals surface area (Å²) >= 11 is 0. The third-order valence-corrected chi connectivity index (χ3v) is 5.83. The van der Waals surface area contributed by atoms with Gasteiger partial charge in [0.1, 0.15) is 11.6 Å². The van der Waals surface area contributed by atoms with Gasteiger partial charge in [0.05, 0.1) is 0 Å². The summed E-state index contributed by atoms with van der Waals surface area (Å²) in [5.41, 5.74) is 0. The second kappa shape index (κ2) is 13.4. The van der Waals surface area contributed by atoms with Crippen molar-refractivity contribution in [2.45, 2.75) is 84.2 Å². The number of aryl methyl sites for hydroxylation is 2. The van der Waals surface area contributed by atoms with E-state index in [1.54, 1.807) is 0 Å². The molecule has 0 spiro atoms. The molecule has 3 rings (SSSR count). The van der Waals surface area contributed by atoms with Crippen LogP contribution in [0.3, 0.4) is 0 Å². The fraction of sp³-hybridized carbons (Fsp3) is 0.857. The molecular formula is C21H40IN7. The van der Waals surface area contributed by atoms with Crippen LogP contribution in [0.25, 0.3) is 0 Å². The van der Waals surface area contributed by atoms with Gasteiger partial charge in [0, 0.05) is 51.6 Å². The summed E-state index contributed by atoms with van der Waals surface area (Å²) in [5, 5.41) is 15.9. The Morgan fingerprint density at radius 1 is 1.10 bits per heavy atom. The van der Waals surface area contributed by atoms with E-state index in [1.807, 2.05) is 0 Å². The Labute approximate surface area is 193 Å². The minimum absolute atomic E-state index is 0. The molecule has 1 aromatic rings. The Kier molecular flexibility index (Phi) is 11.3. The lowest BCUT2D eigenvalue weighted by Gasteiger charge is -2.32. The summed E-state index contributed by atoms with van der Waals surface area (Å²) in [4.78, 5) is 7.39. The predicted octanol–water partition coefficient (Wildman–Crippen LogP) is 2.98. The molecule has 1 saturated heterocycles. The molecule has 2 N–H and O–H groups in total. The first-order valence-electron chi connectivity index (χ1n) is 11.5. The van der Waals surface area contributed by atoms with Gasteiger partial charge in [0.25, 0.3) is 0 Å². The number of guanidine groups is 1. The van der Waals surface area contributed by atoms with Crippen molar-refractivity contribution >= 4 is 29.9 Å². The number of nitrogens with zero attached hydrogens (tertiary/aromatic N) is 5. The lowest BCUT2D eigenvalue weighted by molar-refractivity contribution is 0.206. The van der Waals surface area contributed by atoms with E-state index in [-0.39, 0.29) is 24.0 Å². The molecule has 0 aliphatic carbocycles. The molecule has 7 nitrogen and oxygen atoms in total. The van der Waals surface area contributed by atoms with Gasteiger partial charge >= 0.3 is 0 Å². The SMILES string of the molecule is CCCN1CCC(NC(=NCCCc2nnc3n2CCCCC3)NCC)CC1.I. The van der Waals surface area contributed by atoms with Crippen LogP contribution in [0.4, 0.5) is 0 Å². The number of likely N-dealkylation sites (tertiary alicyclic amines) is 1. The van der Waals surface area contributed by atoms with Gasteiger partial charge in [-0.2, -0.15) is 0 Å². The number of nitrogens with one attached hydrogen (secondary N) is 2. The molecule has 8 heteroatoms. The zero-order chi connectivity index (χ0) is 19.6. The normalized spacial score (nSPS) is 18.6. The first-order valence-corrected chi connectivity index (χ1v) is 11.5. The molecule has 0 bridgehead atoms. The number of hydrogen-bond donors (Lipinski definition) is 2. The molecule has 166 valence electrons. The second-order valence-corrected chi connectivity index (χ2v) is 8.12. The van der Waals surface area contributed by atoms with E-state index in [0.717, 1.165) is 50.7 Å². The summed E-state index contributed by atoms with van der Waals surface area (Å²) < 4.78 is 2.35. The summed E-state index contributed by atoms with van der Waals surface area (Å²) in [7, 11) is 0. The minimum Gasteiger partial charge on any atom is -0.357 e. The number of fused-ring (bicyclic) bond motifs is 1. The van der Waals surface area contributed by atoms with Crippen LogP contribution in [0, 0.1) is 0 Å². The monoisotopic (exact) mass is 517 g/mol. The highest BCUT2D eigenvalue weighted by molar-refractivity contribution is 14.0. The summed E-state index contributed by atoms with van der Waals surface area (Å²) in [5.74, 6) is 3.30. The maximum absolute atomic E-state index is 4.82. The lowest BCUT2D eigenvalue weighted by atomic mass is 10.1. The van der Waals surface area contributed by atoms with Crippen molar-refractivity contribution in [3.8, 4) is 0 Å². The van der Waals surface area contributed by atoms with E-state index in [9.17, 15) is 0 Å². The van der Waals surface area contributed by atoms with Crippen molar-refractivity contribution in [2.24, 2.45) is 4.99 Å². The van der Waals surface area contributed by atoms with Crippen LogP contribution >= 0.6 is 24.0 Å². The Balaban J connectivity index is 0.00000300. The van der Waals surface area contributed by atoms with E-state index in [0.29, 0.717) is 6.04 Å². The molecule has 0 saturated carbocycles. The summed E-state index contributed by atoms with van der Waals surface area (Å²) in [6.45, 7) is 10.8. The number of piperidine rings is 1. The van der Waals surface area contributed by atoms with Gasteiger partial charge in [-0.1, -0.05) is 13.3 Å². The molecule has 0 atom stereocenters.